The number of aromatic carboxylic acids is 1. The molecule has 1 amide bonds. The van der Waals surface area contributed by atoms with Gasteiger partial charge in [-0.05, 0) is 18.1 Å². The number of nitrogen functional groups attached to an aromatic ring is 1. The number of halogens is 1. The standard InChI is InChI=1S/C10H9FN2O3/c11-5-3-4-1-2-6(14)13-9(4)7(8(5)12)10(15)16/h3H,1-2,12H2,(H,13,14)(H,15,16). The number of benzene rings is 1. The number of carbonyl (C=O) groups excluding carboxylic acids is 1. The van der Waals surface area contributed by atoms with Crippen molar-refractivity contribution in [1.82, 2.24) is 0 Å². The Morgan fingerprint density at radius 3 is 2.81 bits per heavy atom. The first kappa shape index (κ1) is 10.4. The Balaban J connectivity index is 2.70. The molecule has 1 aliphatic rings. The molecule has 0 spiro atoms. The molecule has 5 nitrogen and oxygen atoms in total. The van der Waals surface area contributed by atoms with Gasteiger partial charge in [0, 0.05) is 6.42 Å². The van der Waals surface area contributed by atoms with Gasteiger partial charge in [0.05, 0.1) is 11.4 Å². The van der Waals surface area contributed by atoms with Gasteiger partial charge in [-0.25, -0.2) is 9.18 Å². The molecule has 0 fully saturated rings. The van der Waals surface area contributed by atoms with Gasteiger partial charge >= 0.3 is 5.97 Å². The summed E-state index contributed by atoms with van der Waals surface area (Å²) >= 11 is 0. The second kappa shape index (κ2) is 3.48. The molecule has 0 saturated carbocycles. The fraction of sp³-hybridized carbons (Fsp3) is 0.200. The van der Waals surface area contributed by atoms with Crippen LogP contribution in [0.15, 0.2) is 6.07 Å². The molecular formula is C10H9FN2O3. The molecule has 1 aromatic rings. The quantitative estimate of drug-likeness (QED) is 0.620. The van der Waals surface area contributed by atoms with Gasteiger partial charge in [0.15, 0.2) is 0 Å². The lowest BCUT2D eigenvalue weighted by Gasteiger charge is -2.20. The number of fused-ring (bicyclic) bond motifs is 1. The van der Waals surface area contributed by atoms with Crippen molar-refractivity contribution in [3.05, 3.63) is 23.0 Å². The molecule has 0 saturated heterocycles. The maximum Gasteiger partial charge on any atom is 0.340 e. The summed E-state index contributed by atoms with van der Waals surface area (Å²) in [5.74, 6) is -2.41. The third-order valence-electron chi connectivity index (χ3n) is 2.50. The number of anilines is 2. The largest absolute Gasteiger partial charge is 0.478 e. The number of carbonyl (C=O) groups is 2. The zero-order valence-electron chi connectivity index (χ0n) is 8.21. The molecule has 1 aromatic carbocycles. The van der Waals surface area contributed by atoms with Crippen LogP contribution in [-0.4, -0.2) is 17.0 Å². The lowest BCUT2D eigenvalue weighted by Crippen LogP contribution is -2.23. The molecule has 4 N–H and O–H groups in total. The third-order valence-corrected chi connectivity index (χ3v) is 2.50. The van der Waals surface area contributed by atoms with Gasteiger partial charge in [0.1, 0.15) is 11.4 Å². The van der Waals surface area contributed by atoms with Crippen LogP contribution in [0.1, 0.15) is 22.3 Å². The van der Waals surface area contributed by atoms with E-state index in [4.69, 9.17) is 10.8 Å². The second-order valence-corrected chi connectivity index (χ2v) is 3.53. The van der Waals surface area contributed by atoms with Gasteiger partial charge in [-0.2, -0.15) is 0 Å². The van der Waals surface area contributed by atoms with Crippen LogP contribution in [0.25, 0.3) is 0 Å². The van der Waals surface area contributed by atoms with Crippen LogP contribution >= 0.6 is 0 Å². The van der Waals surface area contributed by atoms with Gasteiger partial charge in [0.25, 0.3) is 0 Å². The van der Waals surface area contributed by atoms with E-state index in [1.165, 1.54) is 0 Å². The van der Waals surface area contributed by atoms with E-state index in [-0.39, 0.29) is 23.6 Å². The van der Waals surface area contributed by atoms with Crippen molar-refractivity contribution >= 4 is 23.3 Å². The van der Waals surface area contributed by atoms with E-state index in [1.54, 1.807) is 0 Å². The Labute approximate surface area is 90.1 Å². The van der Waals surface area contributed by atoms with E-state index in [2.05, 4.69) is 5.32 Å². The van der Waals surface area contributed by atoms with Crippen LogP contribution < -0.4 is 11.1 Å². The van der Waals surface area contributed by atoms with E-state index in [0.29, 0.717) is 12.0 Å². The van der Waals surface area contributed by atoms with Crippen molar-refractivity contribution in [2.24, 2.45) is 0 Å². The summed E-state index contributed by atoms with van der Waals surface area (Å²) < 4.78 is 13.3. The molecule has 6 heteroatoms. The number of hydrogen-bond acceptors (Lipinski definition) is 3. The van der Waals surface area contributed by atoms with Crippen LogP contribution in [0.4, 0.5) is 15.8 Å². The first-order chi connectivity index (χ1) is 7.50. The number of aryl methyl sites for hydroxylation is 1. The van der Waals surface area contributed by atoms with Crippen LogP contribution in [0.5, 0.6) is 0 Å². The third kappa shape index (κ3) is 1.48. The number of carboxylic acid groups (broad SMARTS) is 1. The van der Waals surface area contributed by atoms with Crippen molar-refractivity contribution in [3.63, 3.8) is 0 Å². The summed E-state index contributed by atoms with van der Waals surface area (Å²) in [6.45, 7) is 0. The summed E-state index contributed by atoms with van der Waals surface area (Å²) in [6, 6.07) is 1.16. The van der Waals surface area contributed by atoms with Crippen molar-refractivity contribution < 1.29 is 19.1 Å². The zero-order valence-corrected chi connectivity index (χ0v) is 8.21. The van der Waals surface area contributed by atoms with E-state index < -0.39 is 17.5 Å². The van der Waals surface area contributed by atoms with Gasteiger partial charge in [-0.3, -0.25) is 4.79 Å². The molecule has 0 bridgehead atoms. The number of amides is 1. The summed E-state index contributed by atoms with van der Waals surface area (Å²) in [5, 5.41) is 11.3. The molecule has 0 aliphatic carbocycles. The molecule has 1 aliphatic heterocycles. The molecule has 84 valence electrons. The van der Waals surface area contributed by atoms with E-state index >= 15 is 0 Å². The van der Waals surface area contributed by atoms with Gasteiger partial charge in [0.2, 0.25) is 5.91 Å². The normalized spacial score (nSPS) is 14.2. The van der Waals surface area contributed by atoms with Gasteiger partial charge < -0.3 is 16.2 Å². The molecule has 1 heterocycles. The first-order valence-corrected chi connectivity index (χ1v) is 4.64. The first-order valence-electron chi connectivity index (χ1n) is 4.64. The zero-order chi connectivity index (χ0) is 11.9. The highest BCUT2D eigenvalue weighted by Gasteiger charge is 2.25. The molecule has 0 radical (unpaired) electrons. The Bertz CT molecular complexity index is 499. The topological polar surface area (TPSA) is 92.4 Å². The molecule has 0 atom stereocenters. The maximum absolute atomic E-state index is 13.3. The molecule has 0 aromatic heterocycles. The molecule has 2 rings (SSSR count). The lowest BCUT2D eigenvalue weighted by atomic mass is 9.97. The maximum atomic E-state index is 13.3. The Kier molecular flexibility index (Phi) is 2.26. The van der Waals surface area contributed by atoms with E-state index in [1.807, 2.05) is 0 Å². The number of carboxylic acids is 1. The van der Waals surface area contributed by atoms with Gasteiger partial charge in [-0.1, -0.05) is 0 Å². The Morgan fingerprint density at radius 2 is 2.19 bits per heavy atom. The summed E-state index contributed by atoms with van der Waals surface area (Å²) in [6.07, 6.45) is 0.536. The Morgan fingerprint density at radius 1 is 1.50 bits per heavy atom. The van der Waals surface area contributed by atoms with Crippen LogP contribution in [0, 0.1) is 5.82 Å². The number of hydrogen-bond donors (Lipinski definition) is 3. The highest BCUT2D eigenvalue weighted by atomic mass is 19.1. The highest BCUT2D eigenvalue weighted by molar-refractivity contribution is 6.06. The predicted molar refractivity (Wildman–Crippen MR) is 54.7 cm³/mol. The minimum Gasteiger partial charge on any atom is -0.478 e. The Hall–Kier alpha value is -2.11. The lowest BCUT2D eigenvalue weighted by molar-refractivity contribution is -0.116. The summed E-state index contributed by atoms with van der Waals surface area (Å²) in [7, 11) is 0. The van der Waals surface area contributed by atoms with E-state index in [0.717, 1.165) is 6.07 Å². The SMILES string of the molecule is Nc1c(F)cc2c(c1C(=O)O)NC(=O)CC2. The fourth-order valence-corrected chi connectivity index (χ4v) is 1.73. The van der Waals surface area contributed by atoms with Crippen molar-refractivity contribution in [3.8, 4) is 0 Å². The fourth-order valence-electron chi connectivity index (χ4n) is 1.73. The van der Waals surface area contributed by atoms with Crippen LogP contribution in [0.3, 0.4) is 0 Å². The van der Waals surface area contributed by atoms with Crippen LogP contribution in [0.2, 0.25) is 0 Å². The van der Waals surface area contributed by atoms with Crippen molar-refractivity contribution in [1.29, 1.82) is 0 Å². The van der Waals surface area contributed by atoms with Crippen molar-refractivity contribution in [2.45, 2.75) is 12.8 Å². The smallest absolute Gasteiger partial charge is 0.340 e. The minimum absolute atomic E-state index is 0.114. The monoisotopic (exact) mass is 224 g/mol. The van der Waals surface area contributed by atoms with Crippen molar-refractivity contribution in [2.75, 3.05) is 11.1 Å². The van der Waals surface area contributed by atoms with E-state index in [9.17, 15) is 14.0 Å². The minimum atomic E-state index is -1.35. The predicted octanol–water partition coefficient (Wildman–Crippen LogP) is 0.991. The second-order valence-electron chi connectivity index (χ2n) is 3.53. The highest BCUT2D eigenvalue weighted by Crippen LogP contribution is 2.32. The molecule has 0 unspecified atom stereocenters. The molecular weight excluding hydrogens is 215 g/mol. The number of nitrogens with one attached hydrogen (secondary N) is 1. The van der Waals surface area contributed by atoms with Gasteiger partial charge in [-0.15, -0.1) is 0 Å². The summed E-state index contributed by atoms with van der Waals surface area (Å²) in [5.41, 5.74) is 5.10. The summed E-state index contributed by atoms with van der Waals surface area (Å²) in [4.78, 5) is 22.1. The van der Waals surface area contributed by atoms with Crippen LogP contribution in [-0.2, 0) is 11.2 Å². The average Bonchev–Trinajstić information content (AvgIpc) is 2.20. The molecule has 16 heavy (non-hydrogen) atoms. The number of nitrogens with two attached hydrogens (primary N) is 1. The number of rotatable bonds is 1. The average molecular weight is 224 g/mol.